The van der Waals surface area contributed by atoms with Crippen LogP contribution in [0.3, 0.4) is 0 Å². The molecule has 0 amide bonds. The van der Waals surface area contributed by atoms with Gasteiger partial charge in [0.1, 0.15) is 17.9 Å². The van der Waals surface area contributed by atoms with Gasteiger partial charge in [-0.3, -0.25) is 13.7 Å². The highest BCUT2D eigenvalue weighted by molar-refractivity contribution is 7.60. The molecule has 2 aromatic carbocycles. The van der Waals surface area contributed by atoms with E-state index in [4.69, 9.17) is 9.47 Å². The molecule has 1 aliphatic heterocycles. The van der Waals surface area contributed by atoms with Gasteiger partial charge in [0.15, 0.2) is 11.5 Å². The minimum Gasteiger partial charge on any atom is -0.454 e. The molecule has 0 spiro atoms. The summed E-state index contributed by atoms with van der Waals surface area (Å²) in [6.07, 6.45) is -3.58. The van der Waals surface area contributed by atoms with Crippen LogP contribution in [0.15, 0.2) is 41.3 Å². The maximum absolute atomic E-state index is 14.3. The number of halogens is 4. The number of ether oxygens (including phenoxy) is 2. The van der Waals surface area contributed by atoms with Crippen molar-refractivity contribution in [2.24, 2.45) is 0 Å². The Kier molecular flexibility index (Phi) is 4.97. The zero-order chi connectivity index (χ0) is 24.4. The van der Waals surface area contributed by atoms with E-state index in [0.29, 0.717) is 15.7 Å². The molecule has 4 aromatic rings. The van der Waals surface area contributed by atoms with Crippen LogP contribution >= 0.6 is 7.60 Å². The summed E-state index contributed by atoms with van der Waals surface area (Å²) in [5, 5.41) is -0.516. The Balaban J connectivity index is 1.75. The van der Waals surface area contributed by atoms with Crippen LogP contribution in [0.2, 0.25) is 0 Å². The highest BCUT2D eigenvalue weighted by Gasteiger charge is 2.32. The smallest absolute Gasteiger partial charge is 0.406 e. The highest BCUT2D eigenvalue weighted by Crippen LogP contribution is 2.40. The Bertz CT molecular complexity index is 1570. The molecule has 5 rings (SSSR count). The fraction of sp³-hybridized carbons (Fsp3) is 0.200. The second kappa shape index (κ2) is 7.55. The van der Waals surface area contributed by atoms with Crippen LogP contribution in [0.4, 0.5) is 17.6 Å². The van der Waals surface area contributed by atoms with Crippen LogP contribution in [0.5, 0.6) is 11.5 Å². The van der Waals surface area contributed by atoms with Gasteiger partial charge < -0.3 is 19.3 Å². The van der Waals surface area contributed by atoms with E-state index < -0.39 is 37.1 Å². The van der Waals surface area contributed by atoms with Crippen molar-refractivity contribution in [2.75, 3.05) is 6.79 Å². The topological polar surface area (TPSA) is 116 Å². The number of imidazole rings is 1. The van der Waals surface area contributed by atoms with Gasteiger partial charge in [-0.25, -0.2) is 14.2 Å². The molecule has 0 saturated carbocycles. The number of pyridine rings is 1. The normalized spacial score (nSPS) is 13.8. The molecule has 9 nitrogen and oxygen atoms in total. The molecular formula is C20H14F4N3O6P. The average molecular weight is 499 g/mol. The fourth-order valence-electron chi connectivity index (χ4n) is 3.97. The Morgan fingerprint density at radius 3 is 2.56 bits per heavy atom. The molecule has 178 valence electrons. The first kappa shape index (κ1) is 22.4. The molecule has 1 aliphatic rings. The van der Waals surface area contributed by atoms with Crippen molar-refractivity contribution in [1.29, 1.82) is 0 Å². The van der Waals surface area contributed by atoms with Crippen LogP contribution < -0.4 is 20.5 Å². The first-order valence-corrected chi connectivity index (χ1v) is 11.3. The van der Waals surface area contributed by atoms with E-state index in [0.717, 1.165) is 22.9 Å². The van der Waals surface area contributed by atoms with E-state index in [-0.39, 0.29) is 41.2 Å². The zero-order valence-corrected chi connectivity index (χ0v) is 17.8. The summed E-state index contributed by atoms with van der Waals surface area (Å²) in [5.41, 5.74) is -0.631. The Morgan fingerprint density at radius 2 is 1.88 bits per heavy atom. The molecule has 14 heteroatoms. The lowest BCUT2D eigenvalue weighted by atomic mass is 10.1. The summed E-state index contributed by atoms with van der Waals surface area (Å²) in [4.78, 5) is 35.7. The maximum Gasteiger partial charge on any atom is 0.406 e. The van der Waals surface area contributed by atoms with Gasteiger partial charge in [-0.15, -0.1) is 0 Å². The third kappa shape index (κ3) is 3.71. The summed E-state index contributed by atoms with van der Waals surface area (Å²) in [6.45, 7) is -2.01. The first-order valence-electron chi connectivity index (χ1n) is 9.66. The lowest BCUT2D eigenvalue weighted by molar-refractivity contribution is -0.140. The molecule has 34 heavy (non-hydrogen) atoms. The Hall–Kier alpha value is -3.41. The number of hydrogen-bond acceptors (Lipinski definition) is 5. The Labute approximate surface area is 186 Å². The molecule has 0 aliphatic carbocycles. The molecule has 3 heterocycles. The SMILES string of the molecule is O=c1n(CC(F)(F)F)c2cnc3c4c(ccc3c2n1Cc1ccc(P(=O)(O)O)c(F)c1)OCO4. The monoisotopic (exact) mass is 499 g/mol. The number of aromatic nitrogens is 3. The quantitative estimate of drug-likeness (QED) is 0.328. The first-order chi connectivity index (χ1) is 15.9. The van der Waals surface area contributed by atoms with Gasteiger partial charge in [0.25, 0.3) is 0 Å². The highest BCUT2D eigenvalue weighted by atomic mass is 31.2. The Morgan fingerprint density at radius 1 is 1.12 bits per heavy atom. The molecule has 0 atom stereocenters. The van der Waals surface area contributed by atoms with Crippen LogP contribution in [-0.4, -0.2) is 36.9 Å². The van der Waals surface area contributed by atoms with Gasteiger partial charge in [0.2, 0.25) is 6.79 Å². The summed E-state index contributed by atoms with van der Waals surface area (Å²) in [5.74, 6) is -0.537. The van der Waals surface area contributed by atoms with E-state index >= 15 is 0 Å². The summed E-state index contributed by atoms with van der Waals surface area (Å²) < 4.78 is 77.7. The largest absolute Gasteiger partial charge is 0.454 e. The van der Waals surface area contributed by atoms with Crippen LogP contribution in [0.1, 0.15) is 5.56 Å². The number of rotatable bonds is 4. The van der Waals surface area contributed by atoms with Crippen LogP contribution in [0.25, 0.3) is 21.9 Å². The minimum atomic E-state index is -4.87. The van der Waals surface area contributed by atoms with Crippen molar-refractivity contribution in [3.63, 3.8) is 0 Å². The van der Waals surface area contributed by atoms with Gasteiger partial charge >= 0.3 is 19.5 Å². The van der Waals surface area contributed by atoms with Crippen LogP contribution in [0, 0.1) is 5.82 Å². The van der Waals surface area contributed by atoms with Gasteiger partial charge in [-0.1, -0.05) is 6.07 Å². The van der Waals surface area contributed by atoms with Crippen molar-refractivity contribution < 1.29 is 41.4 Å². The molecule has 0 saturated heterocycles. The van der Waals surface area contributed by atoms with Gasteiger partial charge in [-0.05, 0) is 29.8 Å². The number of nitrogens with zero attached hydrogens (tertiary/aromatic N) is 3. The molecule has 2 aromatic heterocycles. The predicted molar refractivity (Wildman–Crippen MR) is 111 cm³/mol. The molecular weight excluding hydrogens is 485 g/mol. The maximum atomic E-state index is 14.3. The number of fused-ring (bicyclic) bond motifs is 5. The van der Waals surface area contributed by atoms with Crippen molar-refractivity contribution in [2.45, 2.75) is 19.3 Å². The second-order valence-corrected chi connectivity index (χ2v) is 9.16. The third-order valence-electron chi connectivity index (χ3n) is 5.35. The van der Waals surface area contributed by atoms with Crippen molar-refractivity contribution in [1.82, 2.24) is 14.1 Å². The molecule has 2 N–H and O–H groups in total. The molecule has 0 fully saturated rings. The van der Waals surface area contributed by atoms with Gasteiger partial charge in [0.05, 0.1) is 29.1 Å². The van der Waals surface area contributed by atoms with Gasteiger partial charge in [0, 0.05) is 5.39 Å². The molecule has 0 bridgehead atoms. The average Bonchev–Trinajstić information content (AvgIpc) is 3.31. The van der Waals surface area contributed by atoms with E-state index in [1.807, 2.05) is 0 Å². The van der Waals surface area contributed by atoms with Crippen molar-refractivity contribution in [3.8, 4) is 11.5 Å². The number of hydrogen-bond donors (Lipinski definition) is 2. The summed E-state index contributed by atoms with van der Waals surface area (Å²) >= 11 is 0. The lowest BCUT2D eigenvalue weighted by Crippen LogP contribution is -2.30. The van der Waals surface area contributed by atoms with E-state index in [2.05, 4.69) is 4.98 Å². The summed E-state index contributed by atoms with van der Waals surface area (Å²) in [7, 11) is -4.87. The fourth-order valence-corrected chi connectivity index (χ4v) is 4.59. The standard InChI is InChI=1S/C20H14F4N3O6P/c21-12-5-10(1-4-15(12)34(29,30)31)7-26-17-11-2-3-14-18(33-9-32-14)16(11)25-6-13(17)27(19(26)28)8-20(22,23)24/h1-6H,7-9H2,(H2,29,30,31). The van der Waals surface area contributed by atoms with Crippen molar-refractivity contribution in [3.05, 3.63) is 58.4 Å². The zero-order valence-electron chi connectivity index (χ0n) is 16.9. The van der Waals surface area contributed by atoms with Crippen LogP contribution in [-0.2, 0) is 17.7 Å². The predicted octanol–water partition coefficient (Wildman–Crippen LogP) is 2.63. The third-order valence-corrected chi connectivity index (χ3v) is 6.34. The molecule has 0 unspecified atom stereocenters. The van der Waals surface area contributed by atoms with E-state index in [9.17, 15) is 36.7 Å². The van der Waals surface area contributed by atoms with E-state index in [1.165, 1.54) is 18.2 Å². The van der Waals surface area contributed by atoms with Gasteiger partial charge in [-0.2, -0.15) is 13.2 Å². The molecule has 0 radical (unpaired) electrons. The number of alkyl halides is 3. The number of benzene rings is 2. The van der Waals surface area contributed by atoms with Crippen molar-refractivity contribution >= 4 is 34.8 Å². The minimum absolute atomic E-state index is 0.0682. The summed E-state index contributed by atoms with van der Waals surface area (Å²) in [6, 6.07) is 5.96. The second-order valence-electron chi connectivity index (χ2n) is 7.59. The van der Waals surface area contributed by atoms with E-state index in [1.54, 1.807) is 0 Å². The lowest BCUT2D eigenvalue weighted by Gasteiger charge is -2.10.